The summed E-state index contributed by atoms with van der Waals surface area (Å²) in [6, 6.07) is 8.03. The van der Waals surface area contributed by atoms with Gasteiger partial charge in [-0.25, -0.2) is 4.98 Å². The van der Waals surface area contributed by atoms with Crippen LogP contribution in [0.4, 0.5) is 5.69 Å². The third-order valence-corrected chi connectivity index (χ3v) is 6.38. The first-order valence-electron chi connectivity index (χ1n) is 10.5. The Hall–Kier alpha value is -2.89. The van der Waals surface area contributed by atoms with Gasteiger partial charge in [-0.2, -0.15) is 5.10 Å². The van der Waals surface area contributed by atoms with Crippen molar-refractivity contribution in [1.29, 1.82) is 0 Å². The summed E-state index contributed by atoms with van der Waals surface area (Å²) in [5.74, 6) is 2.37. The van der Waals surface area contributed by atoms with E-state index >= 15 is 0 Å². The van der Waals surface area contributed by atoms with E-state index in [0.29, 0.717) is 17.8 Å². The van der Waals surface area contributed by atoms with Crippen LogP contribution in [0, 0.1) is 31.6 Å². The minimum atomic E-state index is -0.206. The van der Waals surface area contributed by atoms with Crippen molar-refractivity contribution in [2.45, 2.75) is 45.4 Å². The van der Waals surface area contributed by atoms with E-state index in [4.69, 9.17) is 0 Å². The standard InChI is InChI=1S/C23H27N5O/c1-13-19(14(2)28-27-13)15-7-9-18(10-8-15)26-23(29)21(22-24-11-12-25-22)20(16-3-4-16)17-5-6-17/h7-12,16-17,20-21H,3-6H2,1-2H3,(H,24,25)(H,26,29)(H,27,28). The fourth-order valence-corrected chi connectivity index (χ4v) is 4.74. The van der Waals surface area contributed by atoms with Gasteiger partial charge in [-0.05, 0) is 75.0 Å². The topological polar surface area (TPSA) is 86.5 Å². The number of rotatable bonds is 7. The molecule has 1 aromatic carbocycles. The molecule has 0 bridgehead atoms. The fraction of sp³-hybridized carbons (Fsp3) is 0.435. The molecule has 29 heavy (non-hydrogen) atoms. The lowest BCUT2D eigenvalue weighted by atomic mass is 9.82. The molecule has 2 fully saturated rings. The Morgan fingerprint density at radius 2 is 1.79 bits per heavy atom. The van der Waals surface area contributed by atoms with Gasteiger partial charge in [0.1, 0.15) is 5.82 Å². The number of anilines is 1. The third kappa shape index (κ3) is 3.59. The van der Waals surface area contributed by atoms with E-state index in [-0.39, 0.29) is 11.8 Å². The molecule has 0 aliphatic heterocycles. The van der Waals surface area contributed by atoms with E-state index in [1.807, 2.05) is 44.3 Å². The second-order valence-electron chi connectivity index (χ2n) is 8.58. The predicted molar refractivity (Wildman–Crippen MR) is 112 cm³/mol. The highest BCUT2D eigenvalue weighted by Crippen LogP contribution is 2.54. The van der Waals surface area contributed by atoms with Crippen molar-refractivity contribution in [3.05, 3.63) is 53.9 Å². The highest BCUT2D eigenvalue weighted by molar-refractivity contribution is 5.96. The van der Waals surface area contributed by atoms with Crippen LogP contribution in [0.5, 0.6) is 0 Å². The molecule has 3 N–H and O–H groups in total. The maximum Gasteiger partial charge on any atom is 0.235 e. The smallest absolute Gasteiger partial charge is 0.235 e. The lowest BCUT2D eigenvalue weighted by Crippen LogP contribution is -2.31. The zero-order chi connectivity index (χ0) is 20.0. The first kappa shape index (κ1) is 18.2. The molecule has 2 heterocycles. The predicted octanol–water partition coefficient (Wildman–Crippen LogP) is 4.58. The first-order chi connectivity index (χ1) is 14.1. The maximum atomic E-state index is 13.4. The molecule has 0 saturated heterocycles. The second kappa shape index (κ2) is 7.17. The van der Waals surface area contributed by atoms with Crippen LogP contribution in [-0.4, -0.2) is 26.1 Å². The van der Waals surface area contributed by atoms with Crippen LogP contribution in [0.3, 0.4) is 0 Å². The number of benzene rings is 1. The van der Waals surface area contributed by atoms with E-state index < -0.39 is 0 Å². The molecule has 6 nitrogen and oxygen atoms in total. The van der Waals surface area contributed by atoms with Gasteiger partial charge < -0.3 is 10.3 Å². The Kier molecular flexibility index (Phi) is 4.49. The van der Waals surface area contributed by atoms with Crippen LogP contribution >= 0.6 is 0 Å². The van der Waals surface area contributed by atoms with Crippen molar-refractivity contribution >= 4 is 11.6 Å². The number of amides is 1. The zero-order valence-corrected chi connectivity index (χ0v) is 16.9. The fourth-order valence-electron chi connectivity index (χ4n) is 4.74. The van der Waals surface area contributed by atoms with Crippen LogP contribution in [0.25, 0.3) is 11.1 Å². The maximum absolute atomic E-state index is 13.4. The Bertz CT molecular complexity index is 965. The van der Waals surface area contributed by atoms with Crippen molar-refractivity contribution in [3.8, 4) is 11.1 Å². The summed E-state index contributed by atoms with van der Waals surface area (Å²) in [5.41, 5.74) is 5.07. The highest BCUT2D eigenvalue weighted by atomic mass is 16.1. The van der Waals surface area contributed by atoms with Gasteiger partial charge in [-0.15, -0.1) is 0 Å². The molecular formula is C23H27N5O. The molecule has 0 radical (unpaired) electrons. The van der Waals surface area contributed by atoms with Gasteiger partial charge >= 0.3 is 0 Å². The number of nitrogens with one attached hydrogen (secondary N) is 3. The molecule has 2 saturated carbocycles. The molecule has 2 aliphatic carbocycles. The average molecular weight is 390 g/mol. The van der Waals surface area contributed by atoms with Gasteiger partial charge in [0.05, 0.1) is 11.6 Å². The summed E-state index contributed by atoms with van der Waals surface area (Å²) in [6.07, 6.45) is 8.52. The number of H-pyrrole nitrogens is 2. The molecule has 1 amide bonds. The molecule has 3 aromatic rings. The van der Waals surface area contributed by atoms with E-state index in [2.05, 4.69) is 25.5 Å². The van der Waals surface area contributed by atoms with Gasteiger partial charge in [-0.1, -0.05) is 12.1 Å². The number of aromatic amines is 2. The van der Waals surface area contributed by atoms with E-state index in [9.17, 15) is 4.79 Å². The van der Waals surface area contributed by atoms with Crippen molar-refractivity contribution in [2.75, 3.05) is 5.32 Å². The number of carbonyl (C=O) groups is 1. The van der Waals surface area contributed by atoms with Gasteiger partial charge in [0.15, 0.2) is 0 Å². The summed E-state index contributed by atoms with van der Waals surface area (Å²) in [5, 5.41) is 10.5. The normalized spacial score (nSPS) is 17.5. The molecule has 2 aliphatic rings. The van der Waals surface area contributed by atoms with Crippen LogP contribution in [0.2, 0.25) is 0 Å². The van der Waals surface area contributed by atoms with Gasteiger partial charge in [0, 0.05) is 29.3 Å². The number of aromatic nitrogens is 4. The molecule has 2 aromatic heterocycles. The highest BCUT2D eigenvalue weighted by Gasteiger charge is 2.49. The van der Waals surface area contributed by atoms with Crippen molar-refractivity contribution in [3.63, 3.8) is 0 Å². The monoisotopic (exact) mass is 389 g/mol. The van der Waals surface area contributed by atoms with Gasteiger partial charge in [0.2, 0.25) is 5.91 Å². The lowest BCUT2D eigenvalue weighted by Gasteiger charge is -2.25. The molecule has 0 spiro atoms. The Morgan fingerprint density at radius 1 is 1.10 bits per heavy atom. The molecule has 6 heteroatoms. The number of carbonyl (C=O) groups excluding carboxylic acids is 1. The minimum Gasteiger partial charge on any atom is -0.348 e. The molecule has 150 valence electrons. The van der Waals surface area contributed by atoms with Crippen LogP contribution in [-0.2, 0) is 4.79 Å². The number of hydrogen-bond acceptors (Lipinski definition) is 3. The number of imidazole rings is 1. The second-order valence-corrected chi connectivity index (χ2v) is 8.58. The summed E-state index contributed by atoms with van der Waals surface area (Å²) < 4.78 is 0. The summed E-state index contributed by atoms with van der Waals surface area (Å²) in [6.45, 7) is 4.02. The Balaban J connectivity index is 1.38. The SMILES string of the molecule is Cc1n[nH]c(C)c1-c1ccc(NC(=O)C(c2ncc[nH]2)C(C2CC2)C2CC2)cc1. The number of aryl methyl sites for hydroxylation is 2. The average Bonchev–Trinajstić information content (AvgIpc) is 3.64. The summed E-state index contributed by atoms with van der Waals surface area (Å²) >= 11 is 0. The zero-order valence-electron chi connectivity index (χ0n) is 16.9. The summed E-state index contributed by atoms with van der Waals surface area (Å²) in [7, 11) is 0. The molecule has 1 unspecified atom stereocenters. The first-order valence-corrected chi connectivity index (χ1v) is 10.5. The van der Waals surface area contributed by atoms with Crippen LogP contribution < -0.4 is 5.32 Å². The lowest BCUT2D eigenvalue weighted by molar-refractivity contribution is -0.119. The Labute approximate surface area is 170 Å². The van der Waals surface area contributed by atoms with Crippen LogP contribution in [0.1, 0.15) is 48.8 Å². The van der Waals surface area contributed by atoms with E-state index in [1.165, 1.54) is 25.7 Å². The minimum absolute atomic E-state index is 0.0483. The molecule has 5 rings (SSSR count). The van der Waals surface area contributed by atoms with Crippen molar-refractivity contribution < 1.29 is 4.79 Å². The number of nitrogens with zero attached hydrogens (tertiary/aromatic N) is 2. The quantitative estimate of drug-likeness (QED) is 0.553. The van der Waals surface area contributed by atoms with Crippen LogP contribution in [0.15, 0.2) is 36.7 Å². The third-order valence-electron chi connectivity index (χ3n) is 6.38. The van der Waals surface area contributed by atoms with Gasteiger partial charge in [-0.3, -0.25) is 9.89 Å². The largest absolute Gasteiger partial charge is 0.348 e. The van der Waals surface area contributed by atoms with Crippen molar-refractivity contribution in [2.24, 2.45) is 17.8 Å². The number of hydrogen-bond donors (Lipinski definition) is 3. The van der Waals surface area contributed by atoms with Gasteiger partial charge in [0.25, 0.3) is 0 Å². The van der Waals surface area contributed by atoms with E-state index in [1.54, 1.807) is 6.20 Å². The summed E-state index contributed by atoms with van der Waals surface area (Å²) in [4.78, 5) is 21.0. The Morgan fingerprint density at radius 3 is 2.31 bits per heavy atom. The molecular weight excluding hydrogens is 362 g/mol. The van der Waals surface area contributed by atoms with Crippen molar-refractivity contribution in [1.82, 2.24) is 20.2 Å². The molecule has 1 atom stereocenters. The van der Waals surface area contributed by atoms with E-state index in [0.717, 1.165) is 34.0 Å².